The van der Waals surface area contributed by atoms with Crippen LogP contribution in [-0.4, -0.2) is 38.2 Å². The highest BCUT2D eigenvalue weighted by Gasteiger charge is 2.32. The van der Waals surface area contributed by atoms with Gasteiger partial charge in [0.25, 0.3) is 5.91 Å². The lowest BCUT2D eigenvalue weighted by atomic mass is 10.1. The van der Waals surface area contributed by atoms with Crippen molar-refractivity contribution in [3.8, 4) is 5.88 Å². The number of amides is 1. The van der Waals surface area contributed by atoms with Gasteiger partial charge < -0.3 is 14.8 Å². The molecule has 0 aliphatic rings. The lowest BCUT2D eigenvalue weighted by Gasteiger charge is -2.23. The molecule has 2 heterocycles. The van der Waals surface area contributed by atoms with Crippen molar-refractivity contribution in [3.63, 3.8) is 0 Å². The minimum Gasteiger partial charge on any atom is -0.460 e. The van der Waals surface area contributed by atoms with Crippen LogP contribution in [0.2, 0.25) is 0 Å². The van der Waals surface area contributed by atoms with Crippen molar-refractivity contribution in [2.45, 2.75) is 52.9 Å². The Morgan fingerprint density at radius 3 is 2.63 bits per heavy atom. The molecule has 1 amide bonds. The predicted molar refractivity (Wildman–Crippen MR) is 116 cm³/mol. The number of hydrogen-bond acceptors (Lipinski definition) is 5. The topological polar surface area (TPSA) is 83.2 Å². The second-order valence-electron chi connectivity index (χ2n) is 8.44. The molecule has 0 saturated heterocycles. The Labute approximate surface area is 177 Å². The van der Waals surface area contributed by atoms with Crippen LogP contribution in [-0.2, 0) is 29.7 Å². The molecular formula is C22H31N5O3. The van der Waals surface area contributed by atoms with Gasteiger partial charge in [0.1, 0.15) is 0 Å². The number of carbonyl (C=O) groups is 1. The van der Waals surface area contributed by atoms with Crippen molar-refractivity contribution < 1.29 is 14.3 Å². The van der Waals surface area contributed by atoms with Gasteiger partial charge in [-0.2, -0.15) is 5.10 Å². The van der Waals surface area contributed by atoms with Crippen LogP contribution < -0.4 is 10.1 Å². The lowest BCUT2D eigenvalue weighted by molar-refractivity contribution is -0.128. The van der Waals surface area contributed by atoms with Gasteiger partial charge in [-0.3, -0.25) is 14.2 Å². The van der Waals surface area contributed by atoms with Crippen LogP contribution in [0.3, 0.4) is 0 Å². The molecule has 0 radical (unpaired) electrons. The second kappa shape index (κ2) is 8.87. The van der Waals surface area contributed by atoms with Crippen molar-refractivity contribution in [3.05, 3.63) is 36.0 Å². The van der Waals surface area contributed by atoms with Gasteiger partial charge in [0.2, 0.25) is 5.88 Å². The Morgan fingerprint density at radius 2 is 2.00 bits per heavy atom. The molecule has 1 aromatic carbocycles. The Bertz CT molecular complexity index is 1020. The van der Waals surface area contributed by atoms with Crippen LogP contribution in [0.15, 0.2) is 30.5 Å². The zero-order valence-electron chi connectivity index (χ0n) is 18.6. The molecule has 8 heteroatoms. The smallest absolute Gasteiger partial charge is 0.269 e. The van der Waals surface area contributed by atoms with E-state index in [-0.39, 0.29) is 5.91 Å². The van der Waals surface area contributed by atoms with Gasteiger partial charge in [-0.25, -0.2) is 0 Å². The van der Waals surface area contributed by atoms with Crippen molar-refractivity contribution in [1.82, 2.24) is 19.6 Å². The van der Waals surface area contributed by atoms with E-state index < -0.39 is 5.60 Å². The van der Waals surface area contributed by atoms with Crippen molar-refractivity contribution in [1.29, 1.82) is 0 Å². The van der Waals surface area contributed by atoms with Gasteiger partial charge in [-0.15, -0.1) is 5.10 Å². The molecule has 0 unspecified atom stereocenters. The van der Waals surface area contributed by atoms with Gasteiger partial charge in [0.15, 0.2) is 11.4 Å². The van der Waals surface area contributed by atoms with Crippen molar-refractivity contribution >= 4 is 22.6 Å². The average Bonchev–Trinajstić information content (AvgIpc) is 3.23. The number of nitrogens with one attached hydrogen (secondary N) is 1. The number of fused-ring (bicyclic) bond motifs is 1. The first-order valence-electron chi connectivity index (χ1n) is 10.2. The maximum Gasteiger partial charge on any atom is 0.269 e. The standard InChI is InChI=1S/C22H31N5O3/c1-15(2)9-12-27-18-8-7-16(14-29-6)13-17(18)20(25-27)30-22(3,4)21(28)23-19-10-11-26(5)24-19/h7-8,10-11,13,15H,9,12,14H2,1-6H3,(H,23,24,28). The van der Waals surface area contributed by atoms with Gasteiger partial charge >= 0.3 is 0 Å². The summed E-state index contributed by atoms with van der Waals surface area (Å²) < 4.78 is 15.0. The fourth-order valence-corrected chi connectivity index (χ4v) is 3.12. The molecule has 162 valence electrons. The highest BCUT2D eigenvalue weighted by atomic mass is 16.5. The number of benzene rings is 1. The number of carbonyl (C=O) groups excluding carboxylic acids is 1. The van der Waals surface area contributed by atoms with Crippen molar-refractivity contribution in [2.24, 2.45) is 13.0 Å². The first kappa shape index (κ1) is 21.8. The predicted octanol–water partition coefficient (Wildman–Crippen LogP) is 3.76. The van der Waals surface area contributed by atoms with Crippen LogP contribution in [0.4, 0.5) is 5.82 Å². The normalized spacial score (nSPS) is 12.0. The largest absolute Gasteiger partial charge is 0.460 e. The first-order valence-corrected chi connectivity index (χ1v) is 10.2. The van der Waals surface area contributed by atoms with Gasteiger partial charge in [-0.05, 0) is 43.9 Å². The van der Waals surface area contributed by atoms with Crippen molar-refractivity contribution in [2.75, 3.05) is 12.4 Å². The Balaban J connectivity index is 1.90. The van der Waals surface area contributed by atoms with E-state index in [0.29, 0.717) is 24.2 Å². The number of aryl methyl sites for hydroxylation is 2. The zero-order valence-corrected chi connectivity index (χ0v) is 18.6. The van der Waals surface area contributed by atoms with Crippen LogP contribution in [0.25, 0.3) is 10.9 Å². The van der Waals surface area contributed by atoms with Gasteiger partial charge in [0.05, 0.1) is 17.5 Å². The third-order valence-corrected chi connectivity index (χ3v) is 4.86. The van der Waals surface area contributed by atoms with E-state index >= 15 is 0 Å². The molecule has 0 spiro atoms. The summed E-state index contributed by atoms with van der Waals surface area (Å²) in [5.74, 6) is 1.18. The molecule has 0 bridgehead atoms. The van der Waals surface area contributed by atoms with E-state index in [1.165, 1.54) is 0 Å². The Kier molecular flexibility index (Phi) is 6.45. The lowest BCUT2D eigenvalue weighted by Crippen LogP contribution is -2.42. The van der Waals surface area contributed by atoms with Gasteiger partial charge in [0, 0.05) is 33.0 Å². The molecule has 0 atom stereocenters. The highest BCUT2D eigenvalue weighted by molar-refractivity contribution is 5.96. The van der Waals surface area contributed by atoms with Crippen LogP contribution in [0.1, 0.15) is 39.7 Å². The monoisotopic (exact) mass is 413 g/mol. The molecule has 0 saturated carbocycles. The molecule has 1 N–H and O–H groups in total. The third kappa shape index (κ3) is 4.99. The molecule has 0 fully saturated rings. The number of hydrogen-bond donors (Lipinski definition) is 1. The number of anilines is 1. The highest BCUT2D eigenvalue weighted by Crippen LogP contribution is 2.30. The number of aromatic nitrogens is 4. The maximum absolute atomic E-state index is 12.8. The van der Waals surface area contributed by atoms with Crippen LogP contribution in [0.5, 0.6) is 5.88 Å². The molecule has 0 aliphatic carbocycles. The number of rotatable bonds is 9. The molecular weight excluding hydrogens is 382 g/mol. The minimum absolute atomic E-state index is 0.292. The third-order valence-electron chi connectivity index (χ3n) is 4.86. The summed E-state index contributed by atoms with van der Waals surface area (Å²) in [5, 5.41) is 12.6. The molecule has 30 heavy (non-hydrogen) atoms. The zero-order chi connectivity index (χ0) is 21.9. The molecule has 2 aromatic heterocycles. The first-order chi connectivity index (χ1) is 14.2. The Morgan fingerprint density at radius 1 is 1.23 bits per heavy atom. The van der Waals surface area contributed by atoms with E-state index in [2.05, 4.69) is 24.3 Å². The molecule has 3 rings (SSSR count). The van der Waals surface area contributed by atoms with Crippen LogP contribution in [0, 0.1) is 5.92 Å². The molecule has 8 nitrogen and oxygen atoms in total. The quantitative estimate of drug-likeness (QED) is 0.577. The summed E-state index contributed by atoms with van der Waals surface area (Å²) in [6, 6.07) is 7.81. The van der Waals surface area contributed by atoms with E-state index in [1.807, 2.05) is 22.9 Å². The number of ether oxygens (including phenoxy) is 2. The summed E-state index contributed by atoms with van der Waals surface area (Å²) in [4.78, 5) is 12.8. The SMILES string of the molecule is COCc1ccc2c(c1)c(OC(C)(C)C(=O)Nc1ccn(C)n1)nn2CCC(C)C. The minimum atomic E-state index is -1.14. The number of nitrogens with zero attached hydrogens (tertiary/aromatic N) is 4. The van der Waals surface area contributed by atoms with Crippen LogP contribution >= 0.6 is 0 Å². The van der Waals surface area contributed by atoms with E-state index in [9.17, 15) is 4.79 Å². The number of methoxy groups -OCH3 is 1. The van der Waals surface area contributed by atoms with E-state index in [4.69, 9.17) is 14.6 Å². The fraction of sp³-hybridized carbons (Fsp3) is 0.500. The molecule has 0 aliphatic heterocycles. The molecule has 3 aromatic rings. The summed E-state index contributed by atoms with van der Waals surface area (Å²) in [7, 11) is 3.46. The summed E-state index contributed by atoms with van der Waals surface area (Å²) >= 11 is 0. The fourth-order valence-electron chi connectivity index (χ4n) is 3.12. The average molecular weight is 414 g/mol. The maximum atomic E-state index is 12.8. The van der Waals surface area contributed by atoms with Gasteiger partial charge in [-0.1, -0.05) is 19.9 Å². The Hall–Kier alpha value is -2.87. The van der Waals surface area contributed by atoms with E-state index in [1.54, 1.807) is 44.9 Å². The summed E-state index contributed by atoms with van der Waals surface area (Å²) in [6.07, 6.45) is 2.77. The van der Waals surface area contributed by atoms with E-state index in [0.717, 1.165) is 29.4 Å². The summed E-state index contributed by atoms with van der Waals surface area (Å²) in [5.41, 5.74) is 0.860. The summed E-state index contributed by atoms with van der Waals surface area (Å²) in [6.45, 7) is 9.10. The second-order valence-corrected chi connectivity index (χ2v) is 8.44.